The van der Waals surface area contributed by atoms with Gasteiger partial charge < -0.3 is 19.5 Å². The lowest BCUT2D eigenvalue weighted by molar-refractivity contribution is 0.0931. The second-order valence-corrected chi connectivity index (χ2v) is 6.02. The van der Waals surface area contributed by atoms with E-state index in [1.807, 2.05) is 61.5 Å². The lowest BCUT2D eigenvalue weighted by Crippen LogP contribution is -2.26. The standard InChI is InChI=1S/C20H18N2O3/c1-12(19-10-14-5-3-4-6-18(14)25-19)21-20(23)17-9-13-7-8-15(24-2)11-16(13)22-17/h3-12,22H,1-2H3,(H,21,23). The molecule has 0 radical (unpaired) electrons. The second-order valence-electron chi connectivity index (χ2n) is 6.02. The zero-order valence-electron chi connectivity index (χ0n) is 14.0. The summed E-state index contributed by atoms with van der Waals surface area (Å²) in [5.74, 6) is 1.30. The van der Waals surface area contributed by atoms with E-state index >= 15 is 0 Å². The van der Waals surface area contributed by atoms with Crippen molar-refractivity contribution >= 4 is 27.8 Å². The topological polar surface area (TPSA) is 67.3 Å². The number of hydrogen-bond donors (Lipinski definition) is 2. The minimum absolute atomic E-state index is 0.178. The number of furan rings is 1. The zero-order valence-corrected chi connectivity index (χ0v) is 14.0. The Morgan fingerprint density at radius 3 is 2.76 bits per heavy atom. The van der Waals surface area contributed by atoms with Crippen LogP contribution in [0.3, 0.4) is 0 Å². The molecule has 2 N–H and O–H groups in total. The molecule has 1 unspecified atom stereocenters. The number of amides is 1. The average molecular weight is 334 g/mol. The van der Waals surface area contributed by atoms with E-state index in [1.54, 1.807) is 7.11 Å². The Kier molecular flexibility index (Phi) is 3.69. The molecule has 0 bridgehead atoms. The van der Waals surface area contributed by atoms with Gasteiger partial charge in [0.05, 0.1) is 13.2 Å². The van der Waals surface area contributed by atoms with Crippen molar-refractivity contribution in [1.29, 1.82) is 0 Å². The summed E-state index contributed by atoms with van der Waals surface area (Å²) in [5.41, 5.74) is 2.18. The summed E-state index contributed by atoms with van der Waals surface area (Å²) < 4.78 is 11.0. The molecule has 1 atom stereocenters. The molecule has 0 aliphatic rings. The SMILES string of the molecule is COc1ccc2cc(C(=O)NC(C)c3cc4ccccc4o3)[nH]c2c1. The molecule has 5 heteroatoms. The van der Waals surface area contributed by atoms with E-state index in [-0.39, 0.29) is 11.9 Å². The molecule has 5 nitrogen and oxygen atoms in total. The van der Waals surface area contributed by atoms with Crippen molar-refractivity contribution < 1.29 is 13.9 Å². The first-order valence-corrected chi connectivity index (χ1v) is 8.10. The minimum Gasteiger partial charge on any atom is -0.497 e. The van der Waals surface area contributed by atoms with Gasteiger partial charge in [-0.15, -0.1) is 0 Å². The van der Waals surface area contributed by atoms with Crippen LogP contribution in [0.5, 0.6) is 5.75 Å². The number of aromatic nitrogens is 1. The first-order chi connectivity index (χ1) is 12.1. The molecule has 0 aliphatic carbocycles. The van der Waals surface area contributed by atoms with Crippen LogP contribution in [-0.2, 0) is 0 Å². The maximum atomic E-state index is 12.6. The Labute approximate surface area is 144 Å². The Hall–Kier alpha value is -3.21. The van der Waals surface area contributed by atoms with Crippen LogP contribution in [0.1, 0.15) is 29.2 Å². The molecule has 126 valence electrons. The molecule has 4 aromatic rings. The number of ether oxygens (including phenoxy) is 1. The molecule has 2 heterocycles. The van der Waals surface area contributed by atoms with Crippen molar-refractivity contribution in [3.05, 3.63) is 66.1 Å². The fourth-order valence-corrected chi connectivity index (χ4v) is 2.92. The van der Waals surface area contributed by atoms with Gasteiger partial charge in [-0.05, 0) is 37.3 Å². The number of fused-ring (bicyclic) bond motifs is 2. The van der Waals surface area contributed by atoms with Gasteiger partial charge in [-0.2, -0.15) is 0 Å². The van der Waals surface area contributed by atoms with Crippen molar-refractivity contribution in [2.45, 2.75) is 13.0 Å². The lowest BCUT2D eigenvalue weighted by atomic mass is 10.2. The number of H-pyrrole nitrogens is 1. The van der Waals surface area contributed by atoms with Crippen molar-refractivity contribution in [3.8, 4) is 5.75 Å². The lowest BCUT2D eigenvalue weighted by Gasteiger charge is -2.10. The monoisotopic (exact) mass is 334 g/mol. The number of nitrogens with one attached hydrogen (secondary N) is 2. The Balaban J connectivity index is 1.56. The van der Waals surface area contributed by atoms with Gasteiger partial charge in [0.1, 0.15) is 22.8 Å². The second kappa shape index (κ2) is 6.02. The highest BCUT2D eigenvalue weighted by atomic mass is 16.5. The molecule has 2 aromatic heterocycles. The molecule has 0 saturated heterocycles. The molecule has 0 fully saturated rings. The third-order valence-electron chi connectivity index (χ3n) is 4.29. The highest BCUT2D eigenvalue weighted by Crippen LogP contribution is 2.25. The summed E-state index contributed by atoms with van der Waals surface area (Å²) in [4.78, 5) is 15.7. The molecule has 4 rings (SSSR count). The van der Waals surface area contributed by atoms with Gasteiger partial charge in [-0.25, -0.2) is 0 Å². The summed E-state index contributed by atoms with van der Waals surface area (Å²) in [7, 11) is 1.62. The van der Waals surface area contributed by atoms with Crippen LogP contribution < -0.4 is 10.1 Å². The largest absolute Gasteiger partial charge is 0.497 e. The molecular formula is C20H18N2O3. The molecular weight excluding hydrogens is 316 g/mol. The fraction of sp³-hybridized carbons (Fsp3) is 0.150. The van der Waals surface area contributed by atoms with E-state index < -0.39 is 0 Å². The summed E-state index contributed by atoms with van der Waals surface area (Å²) in [6, 6.07) is 17.0. The maximum Gasteiger partial charge on any atom is 0.268 e. The van der Waals surface area contributed by atoms with Crippen LogP contribution in [0, 0.1) is 0 Å². The van der Waals surface area contributed by atoms with Gasteiger partial charge >= 0.3 is 0 Å². The zero-order chi connectivity index (χ0) is 17.4. The van der Waals surface area contributed by atoms with E-state index in [0.717, 1.165) is 33.4 Å². The molecule has 2 aromatic carbocycles. The van der Waals surface area contributed by atoms with Crippen molar-refractivity contribution in [2.75, 3.05) is 7.11 Å². The summed E-state index contributed by atoms with van der Waals surface area (Å²) in [5, 5.41) is 4.95. The number of carbonyl (C=O) groups excluding carboxylic acids is 1. The minimum atomic E-state index is -0.235. The first kappa shape index (κ1) is 15.3. The van der Waals surface area contributed by atoms with E-state index in [2.05, 4.69) is 10.3 Å². The van der Waals surface area contributed by atoms with Crippen molar-refractivity contribution in [3.63, 3.8) is 0 Å². The van der Waals surface area contributed by atoms with Crippen LogP contribution >= 0.6 is 0 Å². The first-order valence-electron chi connectivity index (χ1n) is 8.10. The number of benzene rings is 2. The van der Waals surface area contributed by atoms with E-state index in [0.29, 0.717) is 5.69 Å². The van der Waals surface area contributed by atoms with E-state index in [4.69, 9.17) is 9.15 Å². The van der Waals surface area contributed by atoms with Crippen LogP contribution in [0.2, 0.25) is 0 Å². The number of para-hydroxylation sites is 1. The Morgan fingerprint density at radius 2 is 1.96 bits per heavy atom. The summed E-state index contributed by atoms with van der Waals surface area (Å²) in [6.07, 6.45) is 0. The number of methoxy groups -OCH3 is 1. The van der Waals surface area contributed by atoms with Crippen LogP contribution in [-0.4, -0.2) is 18.0 Å². The molecule has 0 saturated carbocycles. The van der Waals surface area contributed by atoms with Gasteiger partial charge in [-0.1, -0.05) is 18.2 Å². The number of aromatic amines is 1. The number of rotatable bonds is 4. The predicted molar refractivity (Wildman–Crippen MR) is 96.9 cm³/mol. The quantitative estimate of drug-likeness (QED) is 0.581. The number of carbonyl (C=O) groups is 1. The fourth-order valence-electron chi connectivity index (χ4n) is 2.92. The van der Waals surface area contributed by atoms with Gasteiger partial charge in [0.2, 0.25) is 0 Å². The summed E-state index contributed by atoms with van der Waals surface area (Å²) >= 11 is 0. The van der Waals surface area contributed by atoms with Gasteiger partial charge in [0, 0.05) is 22.4 Å². The average Bonchev–Trinajstić information content (AvgIpc) is 3.24. The van der Waals surface area contributed by atoms with Crippen molar-refractivity contribution in [1.82, 2.24) is 10.3 Å². The Morgan fingerprint density at radius 1 is 1.12 bits per heavy atom. The molecule has 1 amide bonds. The van der Waals surface area contributed by atoms with Crippen LogP contribution in [0.25, 0.3) is 21.9 Å². The highest BCUT2D eigenvalue weighted by molar-refractivity contribution is 5.98. The third kappa shape index (κ3) is 2.85. The third-order valence-corrected chi connectivity index (χ3v) is 4.29. The van der Waals surface area contributed by atoms with Crippen LogP contribution in [0.4, 0.5) is 0 Å². The van der Waals surface area contributed by atoms with Gasteiger partial charge in [0.25, 0.3) is 5.91 Å². The van der Waals surface area contributed by atoms with Gasteiger partial charge in [0.15, 0.2) is 0 Å². The van der Waals surface area contributed by atoms with Gasteiger partial charge in [-0.3, -0.25) is 4.79 Å². The number of hydrogen-bond acceptors (Lipinski definition) is 3. The predicted octanol–water partition coefficient (Wildman–Crippen LogP) is 4.41. The normalized spacial score (nSPS) is 12.4. The van der Waals surface area contributed by atoms with E-state index in [1.165, 1.54) is 0 Å². The highest BCUT2D eigenvalue weighted by Gasteiger charge is 2.17. The molecule has 0 spiro atoms. The smallest absolute Gasteiger partial charge is 0.268 e. The maximum absolute atomic E-state index is 12.6. The molecule has 0 aliphatic heterocycles. The Bertz CT molecular complexity index is 1030. The van der Waals surface area contributed by atoms with Crippen LogP contribution in [0.15, 0.2) is 59.0 Å². The summed E-state index contributed by atoms with van der Waals surface area (Å²) in [6.45, 7) is 1.90. The molecule has 25 heavy (non-hydrogen) atoms. The van der Waals surface area contributed by atoms with Crippen molar-refractivity contribution in [2.24, 2.45) is 0 Å². The van der Waals surface area contributed by atoms with E-state index in [9.17, 15) is 4.79 Å².